The van der Waals surface area contributed by atoms with Crippen molar-refractivity contribution in [2.75, 3.05) is 0 Å². The number of unbranched alkanes of at least 4 members (excludes halogenated alkanes) is 2. The zero-order chi connectivity index (χ0) is 21.5. The Bertz CT molecular complexity index is 902. The number of hydrogen-bond acceptors (Lipinski definition) is 3. The third kappa shape index (κ3) is 5.24. The summed E-state index contributed by atoms with van der Waals surface area (Å²) < 4.78 is 0. The van der Waals surface area contributed by atoms with Crippen molar-refractivity contribution in [1.29, 1.82) is 0 Å². The highest BCUT2D eigenvalue weighted by molar-refractivity contribution is 5.99. The fourth-order valence-electron chi connectivity index (χ4n) is 4.31. The Morgan fingerprint density at radius 3 is 2.63 bits per heavy atom. The smallest absolute Gasteiger partial charge is 0.255 e. The number of benzene rings is 2. The van der Waals surface area contributed by atoms with Crippen molar-refractivity contribution in [3.63, 3.8) is 0 Å². The molecule has 2 aromatic carbocycles. The minimum atomic E-state index is -0.291. The van der Waals surface area contributed by atoms with E-state index in [0.717, 1.165) is 44.1 Å². The maximum absolute atomic E-state index is 13.1. The summed E-state index contributed by atoms with van der Waals surface area (Å²) in [4.78, 5) is 13.1. The molecule has 0 heterocycles. The number of phenols is 2. The molecule has 0 saturated heterocycles. The summed E-state index contributed by atoms with van der Waals surface area (Å²) in [5.74, 6) is -0.331. The number of hydrogen-bond donors (Lipinski definition) is 3. The van der Waals surface area contributed by atoms with E-state index >= 15 is 0 Å². The molecule has 0 spiro atoms. The Hall–Kier alpha value is -2.75. The molecular weight excluding hydrogens is 374 g/mol. The van der Waals surface area contributed by atoms with E-state index in [0.29, 0.717) is 29.7 Å². The van der Waals surface area contributed by atoms with Crippen LogP contribution in [0.4, 0.5) is 0 Å². The van der Waals surface area contributed by atoms with Gasteiger partial charge in [0.2, 0.25) is 0 Å². The Morgan fingerprint density at radius 2 is 1.93 bits per heavy atom. The molecule has 1 amide bonds. The zero-order valence-electron chi connectivity index (χ0n) is 18.1. The minimum Gasteiger partial charge on any atom is -0.507 e. The van der Waals surface area contributed by atoms with Gasteiger partial charge >= 0.3 is 0 Å². The second kappa shape index (κ2) is 10.3. The van der Waals surface area contributed by atoms with Gasteiger partial charge in [0.05, 0.1) is 5.56 Å². The number of carbonyl (C=O) groups is 1. The van der Waals surface area contributed by atoms with Gasteiger partial charge in [-0.2, -0.15) is 0 Å². The lowest BCUT2D eigenvalue weighted by Gasteiger charge is -2.24. The van der Waals surface area contributed by atoms with Crippen LogP contribution in [0.3, 0.4) is 0 Å². The highest BCUT2D eigenvalue weighted by Gasteiger charge is 2.27. The molecule has 2 aromatic rings. The number of rotatable bonds is 8. The number of allylic oxidation sites excluding steroid dienone is 2. The van der Waals surface area contributed by atoms with E-state index in [4.69, 9.17) is 0 Å². The molecule has 4 heteroatoms. The van der Waals surface area contributed by atoms with Crippen molar-refractivity contribution < 1.29 is 15.0 Å². The van der Waals surface area contributed by atoms with Gasteiger partial charge in [0.25, 0.3) is 5.91 Å². The molecule has 3 rings (SSSR count). The molecule has 3 N–H and O–H groups in total. The molecule has 0 fully saturated rings. The quantitative estimate of drug-likeness (QED) is 0.373. The van der Waals surface area contributed by atoms with Gasteiger partial charge in [-0.3, -0.25) is 4.79 Å². The van der Waals surface area contributed by atoms with Gasteiger partial charge in [0.1, 0.15) is 11.5 Å². The molecule has 160 valence electrons. The van der Waals surface area contributed by atoms with Crippen molar-refractivity contribution >= 4 is 5.91 Å². The first-order valence-corrected chi connectivity index (χ1v) is 11.1. The average molecular weight is 408 g/mol. The van der Waals surface area contributed by atoms with Crippen molar-refractivity contribution in [2.45, 2.75) is 71.3 Å². The second-order valence-corrected chi connectivity index (χ2v) is 8.33. The third-order valence-electron chi connectivity index (χ3n) is 5.92. The van der Waals surface area contributed by atoms with Gasteiger partial charge < -0.3 is 15.5 Å². The topological polar surface area (TPSA) is 69.6 Å². The lowest BCUT2D eigenvalue weighted by Crippen LogP contribution is -2.24. The fourth-order valence-corrected chi connectivity index (χ4v) is 4.31. The number of amides is 1. The molecule has 0 aromatic heterocycles. The Labute approximate surface area is 179 Å². The summed E-state index contributed by atoms with van der Waals surface area (Å²) in [6, 6.07) is 11.4. The number of nitrogens with one attached hydrogen (secondary N) is 1. The molecule has 0 radical (unpaired) electrons. The minimum absolute atomic E-state index is 0.0656. The van der Waals surface area contributed by atoms with Crippen molar-refractivity contribution in [3.05, 3.63) is 70.3 Å². The molecule has 0 saturated carbocycles. The first kappa shape index (κ1) is 21.9. The first-order chi connectivity index (χ1) is 14.5. The van der Waals surface area contributed by atoms with Crippen LogP contribution in [-0.4, -0.2) is 16.1 Å². The summed E-state index contributed by atoms with van der Waals surface area (Å²) in [5, 5.41) is 24.9. The molecular formula is C26H33NO3. The standard InChI is InChI=1S/C26H33NO3/c1-3-4-6-13-21-16-22(28)23(20-14-9-10-18(2)15-20)25(29)24(21)26(30)27-17-19-11-7-5-8-12-19/h5,7-8,11-12,15-16,20,28-29H,3-4,6,9-10,13-14,17H2,1-2H3,(H,27,30). The molecule has 4 nitrogen and oxygen atoms in total. The number of carbonyl (C=O) groups excluding carboxylic acids is 1. The maximum Gasteiger partial charge on any atom is 0.255 e. The number of aromatic hydroxyl groups is 2. The van der Waals surface area contributed by atoms with Crippen LogP contribution in [0.15, 0.2) is 48.0 Å². The number of phenolic OH excluding ortho intramolecular Hbond substituents is 2. The van der Waals surface area contributed by atoms with Crippen LogP contribution in [0, 0.1) is 0 Å². The Morgan fingerprint density at radius 1 is 1.17 bits per heavy atom. The average Bonchev–Trinajstić information content (AvgIpc) is 2.73. The molecule has 30 heavy (non-hydrogen) atoms. The predicted octanol–water partition coefficient (Wildman–Crippen LogP) is 5.97. The molecule has 1 atom stereocenters. The normalized spacial score (nSPS) is 16.2. The first-order valence-electron chi connectivity index (χ1n) is 11.1. The van der Waals surface area contributed by atoms with Crippen LogP contribution in [0.5, 0.6) is 11.5 Å². The van der Waals surface area contributed by atoms with Gasteiger partial charge in [-0.15, -0.1) is 0 Å². The second-order valence-electron chi connectivity index (χ2n) is 8.33. The molecule has 1 unspecified atom stereocenters. The van der Waals surface area contributed by atoms with E-state index in [1.165, 1.54) is 5.57 Å². The molecule has 1 aliphatic carbocycles. The zero-order valence-corrected chi connectivity index (χ0v) is 18.1. The molecule has 0 aliphatic heterocycles. The van der Waals surface area contributed by atoms with E-state index < -0.39 is 0 Å². The van der Waals surface area contributed by atoms with Crippen LogP contribution in [0.25, 0.3) is 0 Å². The lowest BCUT2D eigenvalue weighted by atomic mass is 9.83. The summed E-state index contributed by atoms with van der Waals surface area (Å²) in [7, 11) is 0. The highest BCUT2D eigenvalue weighted by atomic mass is 16.3. The van der Waals surface area contributed by atoms with Gasteiger partial charge in [-0.25, -0.2) is 0 Å². The van der Waals surface area contributed by atoms with E-state index in [9.17, 15) is 15.0 Å². The van der Waals surface area contributed by atoms with E-state index in [-0.39, 0.29) is 23.3 Å². The largest absolute Gasteiger partial charge is 0.507 e. The summed E-state index contributed by atoms with van der Waals surface area (Å²) in [6.07, 6.45) is 8.70. The molecule has 1 aliphatic rings. The van der Waals surface area contributed by atoms with Crippen LogP contribution in [-0.2, 0) is 13.0 Å². The van der Waals surface area contributed by atoms with Crippen molar-refractivity contribution in [3.8, 4) is 11.5 Å². The Kier molecular flexibility index (Phi) is 7.56. The van der Waals surface area contributed by atoms with Crippen LogP contribution >= 0.6 is 0 Å². The Balaban J connectivity index is 1.95. The summed E-state index contributed by atoms with van der Waals surface area (Å²) >= 11 is 0. The van der Waals surface area contributed by atoms with Gasteiger partial charge in [-0.05, 0) is 56.2 Å². The van der Waals surface area contributed by atoms with Gasteiger partial charge in [-0.1, -0.05) is 61.7 Å². The predicted molar refractivity (Wildman–Crippen MR) is 121 cm³/mol. The van der Waals surface area contributed by atoms with Crippen molar-refractivity contribution in [2.24, 2.45) is 0 Å². The monoisotopic (exact) mass is 407 g/mol. The van der Waals surface area contributed by atoms with E-state index in [1.807, 2.05) is 30.3 Å². The van der Waals surface area contributed by atoms with Crippen LogP contribution < -0.4 is 5.32 Å². The lowest BCUT2D eigenvalue weighted by molar-refractivity contribution is 0.0947. The van der Waals surface area contributed by atoms with Gasteiger partial charge in [0.15, 0.2) is 0 Å². The SMILES string of the molecule is CCCCCc1cc(O)c(C2C=C(C)CCC2)c(O)c1C(=O)NCc1ccccc1. The molecule has 0 bridgehead atoms. The number of aryl methyl sites for hydroxylation is 1. The summed E-state index contributed by atoms with van der Waals surface area (Å²) in [5.41, 5.74) is 3.77. The highest BCUT2D eigenvalue weighted by Crippen LogP contribution is 2.44. The van der Waals surface area contributed by atoms with Crippen LogP contribution in [0.1, 0.15) is 85.3 Å². The van der Waals surface area contributed by atoms with Gasteiger partial charge in [0, 0.05) is 18.0 Å². The summed E-state index contributed by atoms with van der Waals surface area (Å²) in [6.45, 7) is 4.60. The van der Waals surface area contributed by atoms with E-state index in [1.54, 1.807) is 6.07 Å². The van der Waals surface area contributed by atoms with Crippen LogP contribution in [0.2, 0.25) is 0 Å². The van der Waals surface area contributed by atoms with Crippen molar-refractivity contribution in [1.82, 2.24) is 5.32 Å². The maximum atomic E-state index is 13.1. The van der Waals surface area contributed by atoms with E-state index in [2.05, 4.69) is 25.2 Å². The fraction of sp³-hybridized carbons (Fsp3) is 0.423. The third-order valence-corrected chi connectivity index (χ3v) is 5.92.